The third kappa shape index (κ3) is 4.21. The second kappa shape index (κ2) is 9.13. The number of benzene rings is 1. The van der Waals surface area contributed by atoms with Crippen LogP contribution in [0.4, 0.5) is 10.1 Å². The molecular formula is C30H24FN7O. The number of hydrogen-bond donors (Lipinski definition) is 3. The van der Waals surface area contributed by atoms with E-state index in [0.29, 0.717) is 17.0 Å². The van der Waals surface area contributed by atoms with Crippen molar-refractivity contribution in [3.63, 3.8) is 0 Å². The largest absolute Gasteiger partial charge is 0.352 e. The molecule has 1 aromatic carbocycles. The van der Waals surface area contributed by atoms with E-state index >= 15 is 0 Å². The first kappa shape index (κ1) is 23.2. The molecule has 3 N–H and O–H groups in total. The van der Waals surface area contributed by atoms with E-state index in [1.807, 2.05) is 31.2 Å². The van der Waals surface area contributed by atoms with Crippen molar-refractivity contribution in [1.82, 2.24) is 30.1 Å². The van der Waals surface area contributed by atoms with Crippen molar-refractivity contribution in [2.75, 3.05) is 5.32 Å². The van der Waals surface area contributed by atoms with Gasteiger partial charge in [-0.3, -0.25) is 19.9 Å². The van der Waals surface area contributed by atoms with E-state index in [2.05, 4.69) is 35.5 Å². The van der Waals surface area contributed by atoms with Crippen LogP contribution in [0, 0.1) is 18.7 Å². The van der Waals surface area contributed by atoms with Crippen molar-refractivity contribution in [2.45, 2.75) is 26.2 Å². The van der Waals surface area contributed by atoms with Crippen LogP contribution in [0.3, 0.4) is 0 Å². The Hall–Kier alpha value is -4.92. The zero-order valence-corrected chi connectivity index (χ0v) is 21.1. The van der Waals surface area contributed by atoms with Gasteiger partial charge in [0.05, 0.1) is 29.3 Å². The lowest BCUT2D eigenvalue weighted by molar-refractivity contribution is -0.122. The molecule has 5 heterocycles. The van der Waals surface area contributed by atoms with Crippen LogP contribution in [0.15, 0.2) is 67.4 Å². The number of aryl methyl sites for hydroxylation is 1. The fourth-order valence-electron chi connectivity index (χ4n) is 5.15. The molecule has 9 heteroatoms. The van der Waals surface area contributed by atoms with Crippen LogP contribution in [0.2, 0.25) is 0 Å². The smallest absolute Gasteiger partial charge is 0.227 e. The van der Waals surface area contributed by atoms with Crippen LogP contribution >= 0.6 is 0 Å². The molecule has 1 amide bonds. The SMILES string of the molecule is Cc1cc(F)cc(-c2cncc3[nH]c(-c4n[nH]c5ncc(-c6cncc(NC(=O)C7CCC7)c6)cc45)cc23)c1. The molecule has 1 saturated carbocycles. The monoisotopic (exact) mass is 517 g/mol. The molecular weight excluding hydrogens is 493 g/mol. The number of fused-ring (bicyclic) bond motifs is 2. The first-order chi connectivity index (χ1) is 19.0. The summed E-state index contributed by atoms with van der Waals surface area (Å²) < 4.78 is 14.2. The minimum Gasteiger partial charge on any atom is -0.352 e. The molecule has 0 unspecified atom stereocenters. The zero-order valence-electron chi connectivity index (χ0n) is 21.1. The summed E-state index contributed by atoms with van der Waals surface area (Å²) in [6, 6.07) is 10.9. The van der Waals surface area contributed by atoms with Gasteiger partial charge in [-0.15, -0.1) is 0 Å². The molecule has 7 rings (SSSR count). The number of hydrogen-bond acceptors (Lipinski definition) is 5. The molecule has 1 aliphatic carbocycles. The molecule has 1 aliphatic rings. The summed E-state index contributed by atoms with van der Waals surface area (Å²) in [5.74, 6) is -0.139. The quantitative estimate of drug-likeness (QED) is 0.244. The maximum atomic E-state index is 14.2. The fourth-order valence-corrected chi connectivity index (χ4v) is 5.15. The lowest BCUT2D eigenvalue weighted by Crippen LogP contribution is -2.28. The summed E-state index contributed by atoms with van der Waals surface area (Å²) >= 11 is 0. The fraction of sp³-hybridized carbons (Fsp3) is 0.167. The van der Waals surface area contributed by atoms with E-state index < -0.39 is 0 Å². The van der Waals surface area contributed by atoms with Crippen LogP contribution in [-0.4, -0.2) is 36.0 Å². The molecule has 6 aromatic rings. The predicted molar refractivity (Wildman–Crippen MR) is 148 cm³/mol. The zero-order chi connectivity index (χ0) is 26.5. The van der Waals surface area contributed by atoms with Gasteiger partial charge in [-0.05, 0) is 61.2 Å². The van der Waals surface area contributed by atoms with E-state index in [1.165, 1.54) is 12.1 Å². The number of amides is 1. The van der Waals surface area contributed by atoms with E-state index in [4.69, 9.17) is 0 Å². The van der Waals surface area contributed by atoms with E-state index in [0.717, 1.165) is 69.1 Å². The topological polar surface area (TPSA) is 112 Å². The average Bonchev–Trinajstić information content (AvgIpc) is 3.50. The minimum atomic E-state index is -0.282. The van der Waals surface area contributed by atoms with Crippen molar-refractivity contribution >= 4 is 33.5 Å². The van der Waals surface area contributed by atoms with Crippen LogP contribution < -0.4 is 5.32 Å². The summed E-state index contributed by atoms with van der Waals surface area (Å²) in [4.78, 5) is 29.1. The standard InChI is InChI=1S/C30H24FN7O/c1-16-5-18(7-21(31)6-16)25-14-33-15-27-23(25)10-26(36-27)28-24-9-20(12-34-29(24)38-37-28)19-8-22(13-32-11-19)35-30(39)17-3-2-4-17/h5-15,17,36H,2-4H2,1H3,(H,35,39)(H,34,37,38). The van der Waals surface area contributed by atoms with Crippen LogP contribution in [0.1, 0.15) is 24.8 Å². The highest BCUT2D eigenvalue weighted by atomic mass is 19.1. The number of nitrogens with one attached hydrogen (secondary N) is 3. The molecule has 5 aromatic heterocycles. The molecule has 1 fully saturated rings. The normalized spacial score (nSPS) is 13.6. The number of aromatic amines is 2. The first-order valence-corrected chi connectivity index (χ1v) is 12.9. The Morgan fingerprint density at radius 3 is 2.59 bits per heavy atom. The Balaban J connectivity index is 1.27. The Morgan fingerprint density at radius 1 is 0.923 bits per heavy atom. The number of aromatic nitrogens is 6. The minimum absolute atomic E-state index is 0.0481. The number of anilines is 1. The van der Waals surface area contributed by atoms with Gasteiger partial charge in [-0.2, -0.15) is 5.10 Å². The van der Waals surface area contributed by atoms with Gasteiger partial charge in [-0.1, -0.05) is 12.5 Å². The first-order valence-electron chi connectivity index (χ1n) is 12.9. The maximum absolute atomic E-state index is 14.2. The molecule has 0 bridgehead atoms. The Kier molecular flexibility index (Phi) is 5.43. The van der Waals surface area contributed by atoms with Crippen molar-refractivity contribution in [3.05, 3.63) is 78.8 Å². The van der Waals surface area contributed by atoms with Gasteiger partial charge in [0.25, 0.3) is 0 Å². The number of rotatable bonds is 5. The third-order valence-corrected chi connectivity index (χ3v) is 7.39. The van der Waals surface area contributed by atoms with Crippen molar-refractivity contribution in [2.24, 2.45) is 5.92 Å². The molecule has 192 valence electrons. The summed E-state index contributed by atoms with van der Waals surface area (Å²) in [7, 11) is 0. The average molecular weight is 518 g/mol. The van der Waals surface area contributed by atoms with Crippen molar-refractivity contribution in [3.8, 4) is 33.6 Å². The van der Waals surface area contributed by atoms with Gasteiger partial charge in [0.15, 0.2) is 5.65 Å². The van der Waals surface area contributed by atoms with Gasteiger partial charge < -0.3 is 10.3 Å². The molecule has 8 nitrogen and oxygen atoms in total. The predicted octanol–water partition coefficient (Wildman–Crippen LogP) is 6.42. The summed E-state index contributed by atoms with van der Waals surface area (Å²) in [5.41, 5.74) is 7.77. The number of nitrogens with zero attached hydrogens (tertiary/aromatic N) is 4. The molecule has 0 atom stereocenters. The van der Waals surface area contributed by atoms with Crippen LogP contribution in [0.5, 0.6) is 0 Å². The number of carbonyl (C=O) groups excluding carboxylic acids is 1. The lowest BCUT2D eigenvalue weighted by Gasteiger charge is -2.24. The summed E-state index contributed by atoms with van der Waals surface area (Å²) in [6.07, 6.45) is 11.7. The number of H-pyrrole nitrogens is 2. The highest BCUT2D eigenvalue weighted by Gasteiger charge is 2.25. The summed E-state index contributed by atoms with van der Waals surface area (Å²) in [5, 5.41) is 12.3. The van der Waals surface area contributed by atoms with Gasteiger partial charge >= 0.3 is 0 Å². The Bertz CT molecular complexity index is 1870. The van der Waals surface area contributed by atoms with E-state index in [1.54, 1.807) is 31.0 Å². The van der Waals surface area contributed by atoms with E-state index in [9.17, 15) is 9.18 Å². The number of halogens is 1. The third-order valence-electron chi connectivity index (χ3n) is 7.39. The van der Waals surface area contributed by atoms with E-state index in [-0.39, 0.29) is 17.6 Å². The molecule has 0 saturated heterocycles. The molecule has 0 aliphatic heterocycles. The maximum Gasteiger partial charge on any atom is 0.227 e. The van der Waals surface area contributed by atoms with Crippen molar-refractivity contribution < 1.29 is 9.18 Å². The number of carbonyl (C=O) groups is 1. The highest BCUT2D eigenvalue weighted by Crippen LogP contribution is 2.35. The molecule has 0 radical (unpaired) electrons. The molecule has 0 spiro atoms. The van der Waals surface area contributed by atoms with Gasteiger partial charge in [0.1, 0.15) is 11.5 Å². The second-order valence-electron chi connectivity index (χ2n) is 10.1. The lowest BCUT2D eigenvalue weighted by atomic mass is 9.85. The van der Waals surface area contributed by atoms with Crippen LogP contribution in [-0.2, 0) is 4.79 Å². The summed E-state index contributed by atoms with van der Waals surface area (Å²) in [6.45, 7) is 1.87. The molecule has 39 heavy (non-hydrogen) atoms. The Morgan fingerprint density at radius 2 is 1.77 bits per heavy atom. The Labute approximate surface area is 222 Å². The van der Waals surface area contributed by atoms with Gasteiger partial charge in [0, 0.05) is 52.0 Å². The van der Waals surface area contributed by atoms with Crippen LogP contribution in [0.25, 0.3) is 55.6 Å². The second-order valence-corrected chi connectivity index (χ2v) is 10.1. The van der Waals surface area contributed by atoms with Gasteiger partial charge in [0.2, 0.25) is 5.91 Å². The number of pyridine rings is 3. The van der Waals surface area contributed by atoms with Crippen molar-refractivity contribution in [1.29, 1.82) is 0 Å². The van der Waals surface area contributed by atoms with Gasteiger partial charge in [-0.25, -0.2) is 9.37 Å². The highest BCUT2D eigenvalue weighted by molar-refractivity contribution is 6.01.